The number of rotatable bonds is 7. The highest BCUT2D eigenvalue weighted by molar-refractivity contribution is 14.0. The van der Waals surface area contributed by atoms with Gasteiger partial charge in [-0.15, -0.1) is 24.0 Å². The van der Waals surface area contributed by atoms with Crippen molar-refractivity contribution in [3.63, 3.8) is 0 Å². The zero-order valence-electron chi connectivity index (χ0n) is 17.6. The van der Waals surface area contributed by atoms with Crippen LogP contribution in [0.15, 0.2) is 53.5 Å². The van der Waals surface area contributed by atoms with Gasteiger partial charge in [0.2, 0.25) is 0 Å². The van der Waals surface area contributed by atoms with Crippen LogP contribution in [0.3, 0.4) is 0 Å². The number of nitrogens with one attached hydrogen (secondary N) is 2. The number of halogens is 1. The van der Waals surface area contributed by atoms with Crippen molar-refractivity contribution in [1.29, 1.82) is 0 Å². The minimum absolute atomic E-state index is 0. The average Bonchev–Trinajstić information content (AvgIpc) is 3.20. The van der Waals surface area contributed by atoms with E-state index in [1.165, 1.54) is 23.2 Å². The van der Waals surface area contributed by atoms with E-state index in [2.05, 4.69) is 71.8 Å². The van der Waals surface area contributed by atoms with Crippen LogP contribution in [0.25, 0.3) is 0 Å². The van der Waals surface area contributed by atoms with E-state index in [9.17, 15) is 0 Å². The number of hydrogen-bond acceptors (Lipinski definition) is 3. The van der Waals surface area contributed by atoms with Crippen molar-refractivity contribution < 1.29 is 4.74 Å². The van der Waals surface area contributed by atoms with Gasteiger partial charge in [-0.1, -0.05) is 35.9 Å². The number of nitrogens with zero attached hydrogens (tertiary/aromatic N) is 2. The molecule has 1 aliphatic rings. The molecule has 0 spiro atoms. The molecule has 0 amide bonds. The van der Waals surface area contributed by atoms with Gasteiger partial charge in [-0.2, -0.15) is 0 Å². The molecule has 29 heavy (non-hydrogen) atoms. The van der Waals surface area contributed by atoms with Gasteiger partial charge >= 0.3 is 0 Å². The molecule has 3 rings (SSSR count). The highest BCUT2D eigenvalue weighted by atomic mass is 127. The Morgan fingerprint density at radius 3 is 2.69 bits per heavy atom. The van der Waals surface area contributed by atoms with Crippen LogP contribution in [0.5, 0.6) is 5.75 Å². The van der Waals surface area contributed by atoms with E-state index in [1.807, 2.05) is 6.07 Å². The lowest BCUT2D eigenvalue weighted by Crippen LogP contribution is -2.40. The van der Waals surface area contributed by atoms with Crippen LogP contribution in [0.1, 0.15) is 24.5 Å². The van der Waals surface area contributed by atoms with Crippen molar-refractivity contribution >= 4 is 35.6 Å². The molecule has 1 unspecified atom stereocenters. The molecule has 6 heteroatoms. The fourth-order valence-corrected chi connectivity index (χ4v) is 3.49. The number of methoxy groups -OCH3 is 1. The zero-order chi connectivity index (χ0) is 19.8. The second-order valence-corrected chi connectivity index (χ2v) is 7.36. The number of aliphatic imine (C=N–C) groups is 1. The van der Waals surface area contributed by atoms with Crippen molar-refractivity contribution in [3.05, 3.63) is 59.7 Å². The largest absolute Gasteiger partial charge is 0.497 e. The van der Waals surface area contributed by atoms with E-state index in [0.717, 1.165) is 37.9 Å². The molecule has 1 aliphatic heterocycles. The topological polar surface area (TPSA) is 48.9 Å². The third kappa shape index (κ3) is 7.10. The summed E-state index contributed by atoms with van der Waals surface area (Å²) in [6.45, 7) is 8.82. The molecule has 2 N–H and O–H groups in total. The van der Waals surface area contributed by atoms with Gasteiger partial charge in [-0.05, 0) is 43.9 Å². The van der Waals surface area contributed by atoms with Crippen molar-refractivity contribution in [3.8, 4) is 5.75 Å². The zero-order valence-corrected chi connectivity index (χ0v) is 20.0. The van der Waals surface area contributed by atoms with E-state index < -0.39 is 0 Å². The van der Waals surface area contributed by atoms with Gasteiger partial charge in [-0.3, -0.25) is 0 Å². The first-order valence-corrected chi connectivity index (χ1v) is 10.1. The number of guanidine groups is 1. The molecule has 0 aromatic heterocycles. The maximum Gasteiger partial charge on any atom is 0.191 e. The highest BCUT2D eigenvalue weighted by Crippen LogP contribution is 2.26. The van der Waals surface area contributed by atoms with Crippen molar-refractivity contribution in [2.24, 2.45) is 10.9 Å². The lowest BCUT2D eigenvalue weighted by Gasteiger charge is -2.20. The predicted molar refractivity (Wildman–Crippen MR) is 133 cm³/mol. The van der Waals surface area contributed by atoms with Crippen molar-refractivity contribution in [2.45, 2.75) is 26.8 Å². The van der Waals surface area contributed by atoms with E-state index in [1.54, 1.807) is 7.11 Å². The number of hydrogen-bond donors (Lipinski definition) is 2. The summed E-state index contributed by atoms with van der Waals surface area (Å²) in [6.07, 6.45) is 1.18. The Morgan fingerprint density at radius 1 is 1.17 bits per heavy atom. The summed E-state index contributed by atoms with van der Waals surface area (Å²) in [5.74, 6) is 2.41. The Morgan fingerprint density at radius 2 is 1.97 bits per heavy atom. The van der Waals surface area contributed by atoms with Crippen LogP contribution in [0.2, 0.25) is 0 Å². The molecular weight excluding hydrogens is 475 g/mol. The van der Waals surface area contributed by atoms with Gasteiger partial charge in [0.05, 0.1) is 13.7 Å². The fraction of sp³-hybridized carbons (Fsp3) is 0.435. The Bertz CT molecular complexity index is 779. The molecule has 0 aliphatic carbocycles. The summed E-state index contributed by atoms with van der Waals surface area (Å²) in [5, 5.41) is 6.88. The molecule has 0 radical (unpaired) electrons. The molecular formula is C23H33IN4O. The van der Waals surface area contributed by atoms with Gasteiger partial charge in [0, 0.05) is 37.9 Å². The predicted octanol–water partition coefficient (Wildman–Crippen LogP) is 4.20. The minimum Gasteiger partial charge on any atom is -0.497 e. The van der Waals surface area contributed by atoms with Gasteiger partial charge in [-0.25, -0.2) is 4.99 Å². The molecule has 1 heterocycles. The number of ether oxygens (including phenoxy) is 1. The molecule has 1 atom stereocenters. The van der Waals surface area contributed by atoms with Gasteiger partial charge in [0.15, 0.2) is 5.96 Å². The summed E-state index contributed by atoms with van der Waals surface area (Å²) < 4.78 is 5.35. The monoisotopic (exact) mass is 508 g/mol. The Kier molecular flexibility index (Phi) is 9.57. The number of benzene rings is 2. The Labute approximate surface area is 192 Å². The molecule has 158 valence electrons. The maximum atomic E-state index is 5.35. The van der Waals surface area contributed by atoms with Crippen LogP contribution >= 0.6 is 24.0 Å². The first kappa shape index (κ1) is 23.3. The third-order valence-corrected chi connectivity index (χ3v) is 5.15. The second-order valence-electron chi connectivity index (χ2n) is 7.36. The van der Waals surface area contributed by atoms with Crippen molar-refractivity contribution in [2.75, 3.05) is 38.2 Å². The summed E-state index contributed by atoms with van der Waals surface area (Å²) in [5.41, 5.74) is 3.74. The average molecular weight is 508 g/mol. The van der Waals surface area contributed by atoms with Gasteiger partial charge in [0.25, 0.3) is 0 Å². The van der Waals surface area contributed by atoms with Gasteiger partial charge in [0.1, 0.15) is 5.75 Å². The smallest absolute Gasteiger partial charge is 0.191 e. The van der Waals surface area contributed by atoms with E-state index in [4.69, 9.17) is 9.73 Å². The normalized spacial score (nSPS) is 16.3. The van der Waals surface area contributed by atoms with Crippen LogP contribution in [-0.2, 0) is 6.54 Å². The fourth-order valence-electron chi connectivity index (χ4n) is 3.49. The van der Waals surface area contributed by atoms with Crippen LogP contribution < -0.4 is 20.3 Å². The van der Waals surface area contributed by atoms with Gasteiger partial charge < -0.3 is 20.3 Å². The summed E-state index contributed by atoms with van der Waals surface area (Å²) in [6, 6.07) is 16.9. The summed E-state index contributed by atoms with van der Waals surface area (Å²) in [7, 11) is 1.72. The summed E-state index contributed by atoms with van der Waals surface area (Å²) >= 11 is 0. The Hall–Kier alpha value is -1.96. The third-order valence-electron chi connectivity index (χ3n) is 5.15. The first-order valence-electron chi connectivity index (χ1n) is 10.1. The maximum absolute atomic E-state index is 5.35. The lowest BCUT2D eigenvalue weighted by atomic mass is 10.1. The van der Waals surface area contributed by atoms with E-state index in [-0.39, 0.29) is 24.0 Å². The number of anilines is 1. The molecule has 0 bridgehead atoms. The molecule has 2 aromatic rings. The van der Waals surface area contributed by atoms with E-state index >= 15 is 0 Å². The molecule has 0 saturated carbocycles. The quantitative estimate of drug-likeness (QED) is 0.335. The highest BCUT2D eigenvalue weighted by Gasteiger charge is 2.23. The lowest BCUT2D eigenvalue weighted by molar-refractivity contribution is 0.415. The van der Waals surface area contributed by atoms with Crippen LogP contribution in [0, 0.1) is 12.8 Å². The first-order chi connectivity index (χ1) is 13.7. The molecule has 1 fully saturated rings. The standard InChI is InChI=1S/C23H32N4O.HI/c1-4-24-23(25-15-19-10-8-18(2)9-11-19)26-16-20-12-13-27(17-20)21-6-5-7-22(14-21)28-3;/h5-11,14,20H,4,12-13,15-17H2,1-3H3,(H2,24,25,26);1H. The van der Waals surface area contributed by atoms with Crippen molar-refractivity contribution in [1.82, 2.24) is 10.6 Å². The van der Waals surface area contributed by atoms with Crippen LogP contribution in [0.4, 0.5) is 5.69 Å². The summed E-state index contributed by atoms with van der Waals surface area (Å²) in [4.78, 5) is 7.17. The van der Waals surface area contributed by atoms with Crippen LogP contribution in [-0.4, -0.2) is 39.2 Å². The molecule has 1 saturated heterocycles. The molecule has 5 nitrogen and oxygen atoms in total. The van der Waals surface area contributed by atoms with E-state index in [0.29, 0.717) is 12.5 Å². The SMILES string of the molecule is CCNC(=NCc1ccc(C)cc1)NCC1CCN(c2cccc(OC)c2)C1.I. The second kappa shape index (κ2) is 11.9. The minimum atomic E-state index is 0. The Balaban J connectivity index is 0.00000300. The molecule has 2 aromatic carbocycles. The number of aryl methyl sites for hydroxylation is 1.